The van der Waals surface area contributed by atoms with Crippen LogP contribution in [-0.4, -0.2) is 31.9 Å². The predicted octanol–water partition coefficient (Wildman–Crippen LogP) is 1.71. The summed E-state index contributed by atoms with van der Waals surface area (Å²) in [5, 5.41) is 3.66. The van der Waals surface area contributed by atoms with Gasteiger partial charge in [-0.25, -0.2) is 8.42 Å². The van der Waals surface area contributed by atoms with E-state index in [0.29, 0.717) is 17.0 Å². The Bertz CT molecular complexity index is 824. The molecule has 1 unspecified atom stereocenters. The van der Waals surface area contributed by atoms with Crippen LogP contribution in [0.3, 0.4) is 0 Å². The number of nitrogens with two attached hydrogens (primary N) is 1. The number of nitrogens with one attached hydrogen (secondary N) is 1. The number of rotatable bonds is 2. The van der Waals surface area contributed by atoms with Crippen LogP contribution in [0, 0.1) is 6.92 Å². The van der Waals surface area contributed by atoms with Crippen molar-refractivity contribution >= 4 is 42.9 Å². The van der Waals surface area contributed by atoms with Gasteiger partial charge in [0.1, 0.15) is 4.88 Å². The number of sulfone groups is 1. The summed E-state index contributed by atoms with van der Waals surface area (Å²) in [5.41, 5.74) is 7.61. The van der Waals surface area contributed by atoms with E-state index in [2.05, 4.69) is 5.32 Å². The van der Waals surface area contributed by atoms with Gasteiger partial charge in [0.25, 0.3) is 5.91 Å². The number of hydrogen-bond acceptors (Lipinski definition) is 5. The fourth-order valence-electron chi connectivity index (χ4n) is 2.61. The summed E-state index contributed by atoms with van der Waals surface area (Å²) in [6.07, 6.45) is 0.470. The molecule has 21 heavy (non-hydrogen) atoms. The zero-order chi connectivity index (χ0) is 15.2. The highest BCUT2D eigenvalue weighted by molar-refractivity contribution is 7.91. The van der Waals surface area contributed by atoms with Gasteiger partial charge in [-0.05, 0) is 18.9 Å². The van der Waals surface area contributed by atoms with Gasteiger partial charge in [0.05, 0.1) is 17.2 Å². The number of benzene rings is 1. The first-order valence-electron chi connectivity index (χ1n) is 6.66. The average molecular weight is 324 g/mol. The van der Waals surface area contributed by atoms with Gasteiger partial charge < -0.3 is 11.1 Å². The molecule has 0 aliphatic carbocycles. The highest BCUT2D eigenvalue weighted by Gasteiger charge is 2.30. The Morgan fingerprint density at radius 1 is 1.43 bits per heavy atom. The van der Waals surface area contributed by atoms with Crippen molar-refractivity contribution in [2.24, 2.45) is 0 Å². The Morgan fingerprint density at radius 2 is 2.19 bits per heavy atom. The number of aryl methyl sites for hydroxylation is 1. The van der Waals surface area contributed by atoms with Crippen LogP contribution in [-0.2, 0) is 9.84 Å². The lowest BCUT2D eigenvalue weighted by Gasteiger charge is -2.09. The van der Waals surface area contributed by atoms with Crippen molar-refractivity contribution in [1.29, 1.82) is 0 Å². The van der Waals surface area contributed by atoms with Gasteiger partial charge in [0, 0.05) is 16.1 Å². The number of carbonyl (C=O) groups is 1. The topological polar surface area (TPSA) is 89.3 Å². The monoisotopic (exact) mass is 324 g/mol. The van der Waals surface area contributed by atoms with E-state index in [4.69, 9.17) is 5.73 Å². The normalized spacial score (nSPS) is 20.7. The molecule has 0 bridgehead atoms. The molecule has 7 heteroatoms. The fraction of sp³-hybridized carbons (Fsp3) is 0.357. The van der Waals surface area contributed by atoms with Gasteiger partial charge in [-0.3, -0.25) is 4.79 Å². The van der Waals surface area contributed by atoms with Crippen molar-refractivity contribution in [1.82, 2.24) is 5.32 Å². The molecule has 2 heterocycles. The Morgan fingerprint density at radius 3 is 2.81 bits per heavy atom. The van der Waals surface area contributed by atoms with Crippen LogP contribution in [0.2, 0.25) is 0 Å². The minimum Gasteiger partial charge on any atom is -0.397 e. The molecule has 1 aromatic carbocycles. The van der Waals surface area contributed by atoms with Crippen molar-refractivity contribution in [2.75, 3.05) is 17.2 Å². The summed E-state index contributed by atoms with van der Waals surface area (Å²) < 4.78 is 23.9. The van der Waals surface area contributed by atoms with Gasteiger partial charge in [-0.1, -0.05) is 18.2 Å². The van der Waals surface area contributed by atoms with Gasteiger partial charge in [-0.2, -0.15) is 0 Å². The number of hydrogen-bond donors (Lipinski definition) is 2. The van der Waals surface area contributed by atoms with Crippen molar-refractivity contribution in [3.8, 4) is 0 Å². The molecule has 3 N–H and O–H groups in total. The van der Waals surface area contributed by atoms with E-state index >= 15 is 0 Å². The van der Waals surface area contributed by atoms with Gasteiger partial charge in [-0.15, -0.1) is 11.3 Å². The lowest BCUT2D eigenvalue weighted by molar-refractivity contribution is 0.0946. The molecule has 0 radical (unpaired) electrons. The highest BCUT2D eigenvalue weighted by Crippen LogP contribution is 2.35. The van der Waals surface area contributed by atoms with Crippen molar-refractivity contribution in [3.05, 3.63) is 28.6 Å². The number of anilines is 1. The standard InChI is InChI=1S/C14H16N2O3S2/c1-8-3-2-4-10-11(15)13(20-12(8)10)14(17)16-9-5-6-21(18,19)7-9/h2-4,9H,5-7,15H2,1H3,(H,16,17). The summed E-state index contributed by atoms with van der Waals surface area (Å²) >= 11 is 1.36. The van der Waals surface area contributed by atoms with E-state index in [1.807, 2.05) is 25.1 Å². The van der Waals surface area contributed by atoms with Gasteiger partial charge in [0.15, 0.2) is 9.84 Å². The van der Waals surface area contributed by atoms with E-state index in [0.717, 1.165) is 15.6 Å². The number of fused-ring (bicyclic) bond motifs is 1. The second-order valence-electron chi connectivity index (χ2n) is 5.37. The van der Waals surface area contributed by atoms with E-state index in [1.165, 1.54) is 11.3 Å². The lowest BCUT2D eigenvalue weighted by atomic mass is 10.1. The smallest absolute Gasteiger partial charge is 0.263 e. The van der Waals surface area contributed by atoms with Crippen LogP contribution < -0.4 is 11.1 Å². The molecule has 0 spiro atoms. The minimum atomic E-state index is -3.01. The predicted molar refractivity (Wildman–Crippen MR) is 85.5 cm³/mol. The lowest BCUT2D eigenvalue weighted by Crippen LogP contribution is -2.35. The zero-order valence-electron chi connectivity index (χ0n) is 11.5. The van der Waals surface area contributed by atoms with Gasteiger partial charge in [0.2, 0.25) is 0 Å². The minimum absolute atomic E-state index is 0.0164. The maximum atomic E-state index is 12.3. The Balaban J connectivity index is 1.89. The third-order valence-electron chi connectivity index (χ3n) is 3.72. The van der Waals surface area contributed by atoms with Crippen LogP contribution >= 0.6 is 11.3 Å². The van der Waals surface area contributed by atoms with E-state index in [-0.39, 0.29) is 23.5 Å². The number of thiophene rings is 1. The number of amides is 1. The summed E-state index contributed by atoms with van der Waals surface area (Å²) in [6, 6.07) is 5.47. The number of nitrogen functional groups attached to an aromatic ring is 1. The Labute approximate surface area is 127 Å². The van der Waals surface area contributed by atoms with Crippen LogP contribution in [0.5, 0.6) is 0 Å². The molecule has 5 nitrogen and oxygen atoms in total. The Kier molecular flexibility index (Phi) is 3.41. The fourth-order valence-corrected chi connectivity index (χ4v) is 5.37. The third kappa shape index (κ3) is 2.63. The molecular formula is C14H16N2O3S2. The Hall–Kier alpha value is -1.60. The molecular weight excluding hydrogens is 308 g/mol. The molecule has 1 amide bonds. The maximum Gasteiger partial charge on any atom is 0.263 e. The van der Waals surface area contributed by atoms with Crippen molar-refractivity contribution < 1.29 is 13.2 Å². The summed E-state index contributed by atoms with van der Waals surface area (Å²) in [6.45, 7) is 1.98. The quantitative estimate of drug-likeness (QED) is 0.880. The molecule has 1 fully saturated rings. The summed E-state index contributed by atoms with van der Waals surface area (Å²) in [4.78, 5) is 12.8. The first-order valence-corrected chi connectivity index (χ1v) is 9.30. The second kappa shape index (κ2) is 4.99. The summed E-state index contributed by atoms with van der Waals surface area (Å²) in [7, 11) is -3.01. The van der Waals surface area contributed by atoms with Crippen LogP contribution in [0.25, 0.3) is 10.1 Å². The molecule has 0 saturated carbocycles. The van der Waals surface area contributed by atoms with Crippen LogP contribution in [0.15, 0.2) is 18.2 Å². The first-order chi connectivity index (χ1) is 9.87. The second-order valence-corrected chi connectivity index (χ2v) is 8.62. The highest BCUT2D eigenvalue weighted by atomic mass is 32.2. The van der Waals surface area contributed by atoms with E-state index < -0.39 is 9.84 Å². The van der Waals surface area contributed by atoms with Gasteiger partial charge >= 0.3 is 0 Å². The van der Waals surface area contributed by atoms with E-state index in [9.17, 15) is 13.2 Å². The molecule has 1 atom stereocenters. The molecule has 1 aliphatic rings. The largest absolute Gasteiger partial charge is 0.397 e. The van der Waals surface area contributed by atoms with Crippen molar-refractivity contribution in [3.63, 3.8) is 0 Å². The molecule has 1 aromatic heterocycles. The van der Waals surface area contributed by atoms with Crippen LogP contribution in [0.1, 0.15) is 21.7 Å². The summed E-state index contributed by atoms with van der Waals surface area (Å²) in [5.74, 6) is -0.128. The molecule has 2 aromatic rings. The average Bonchev–Trinajstić information content (AvgIpc) is 2.92. The molecule has 1 aliphatic heterocycles. The molecule has 112 valence electrons. The molecule has 3 rings (SSSR count). The number of carbonyl (C=O) groups excluding carboxylic acids is 1. The third-order valence-corrected chi connectivity index (χ3v) is 6.85. The SMILES string of the molecule is Cc1cccc2c(N)c(C(=O)NC3CCS(=O)(=O)C3)sc12. The molecule has 1 saturated heterocycles. The first kappa shape index (κ1) is 14.3. The van der Waals surface area contributed by atoms with Crippen molar-refractivity contribution in [2.45, 2.75) is 19.4 Å². The maximum absolute atomic E-state index is 12.3. The zero-order valence-corrected chi connectivity index (χ0v) is 13.2. The van der Waals surface area contributed by atoms with Crippen LogP contribution in [0.4, 0.5) is 5.69 Å². The van der Waals surface area contributed by atoms with E-state index in [1.54, 1.807) is 0 Å².